The van der Waals surface area contributed by atoms with Gasteiger partial charge in [-0.3, -0.25) is 4.79 Å². The number of allylic oxidation sites excluding steroid dienone is 1. The Kier molecular flexibility index (Phi) is 5.92. The van der Waals surface area contributed by atoms with E-state index in [0.717, 1.165) is 16.3 Å². The fourth-order valence-electron chi connectivity index (χ4n) is 2.78. The molecule has 3 aromatic carbocycles. The molecule has 0 aliphatic heterocycles. The van der Waals surface area contributed by atoms with E-state index in [9.17, 15) is 4.79 Å². The maximum atomic E-state index is 12.5. The van der Waals surface area contributed by atoms with Gasteiger partial charge in [-0.05, 0) is 46.5 Å². The standard InChI is InChI=1S/C24H24O3/c1-17(2)16-27-24-14-18(9-13-23(24)26-3)8-12-22(25)21-11-10-19-6-4-5-7-20(19)15-21/h4-15,17H,16H2,1-3H3/b12-8+. The van der Waals surface area contributed by atoms with Crippen molar-refractivity contribution in [2.24, 2.45) is 5.92 Å². The summed E-state index contributed by atoms with van der Waals surface area (Å²) in [6.07, 6.45) is 3.40. The molecule has 0 amide bonds. The number of ether oxygens (including phenoxy) is 2. The van der Waals surface area contributed by atoms with E-state index in [1.54, 1.807) is 19.3 Å². The lowest BCUT2D eigenvalue weighted by Gasteiger charge is -2.13. The van der Waals surface area contributed by atoms with E-state index in [2.05, 4.69) is 13.8 Å². The van der Waals surface area contributed by atoms with Gasteiger partial charge in [0.2, 0.25) is 0 Å². The highest BCUT2D eigenvalue weighted by Crippen LogP contribution is 2.29. The van der Waals surface area contributed by atoms with Crippen molar-refractivity contribution in [1.29, 1.82) is 0 Å². The predicted molar refractivity (Wildman–Crippen MR) is 111 cm³/mol. The van der Waals surface area contributed by atoms with Crippen LogP contribution in [0.3, 0.4) is 0 Å². The van der Waals surface area contributed by atoms with Crippen molar-refractivity contribution in [3.8, 4) is 11.5 Å². The van der Waals surface area contributed by atoms with Gasteiger partial charge in [-0.2, -0.15) is 0 Å². The van der Waals surface area contributed by atoms with Crippen LogP contribution in [-0.4, -0.2) is 19.5 Å². The van der Waals surface area contributed by atoms with Gasteiger partial charge in [0.1, 0.15) is 0 Å². The molecule has 0 aliphatic rings. The van der Waals surface area contributed by atoms with E-state index >= 15 is 0 Å². The van der Waals surface area contributed by atoms with Crippen molar-refractivity contribution in [3.63, 3.8) is 0 Å². The van der Waals surface area contributed by atoms with Crippen molar-refractivity contribution >= 4 is 22.6 Å². The van der Waals surface area contributed by atoms with Crippen LogP contribution >= 0.6 is 0 Å². The molecule has 27 heavy (non-hydrogen) atoms. The number of benzene rings is 3. The van der Waals surface area contributed by atoms with Crippen LogP contribution in [0.2, 0.25) is 0 Å². The summed E-state index contributed by atoms with van der Waals surface area (Å²) in [6.45, 7) is 4.80. The quantitative estimate of drug-likeness (QED) is 0.396. The molecule has 0 heterocycles. The maximum absolute atomic E-state index is 12.5. The first-order valence-corrected chi connectivity index (χ1v) is 9.09. The Hall–Kier alpha value is -3.07. The lowest BCUT2D eigenvalue weighted by Crippen LogP contribution is -2.05. The molecule has 0 saturated heterocycles. The van der Waals surface area contributed by atoms with Gasteiger partial charge in [0.05, 0.1) is 13.7 Å². The van der Waals surface area contributed by atoms with Gasteiger partial charge < -0.3 is 9.47 Å². The molecule has 0 aromatic heterocycles. The summed E-state index contributed by atoms with van der Waals surface area (Å²) in [5, 5.41) is 2.19. The van der Waals surface area contributed by atoms with Crippen LogP contribution in [-0.2, 0) is 0 Å². The molecule has 3 rings (SSSR count). The van der Waals surface area contributed by atoms with Gasteiger partial charge >= 0.3 is 0 Å². The Morgan fingerprint density at radius 1 is 0.963 bits per heavy atom. The van der Waals surface area contributed by atoms with Crippen LogP contribution in [0.5, 0.6) is 11.5 Å². The molecule has 0 bridgehead atoms. The van der Waals surface area contributed by atoms with E-state index in [4.69, 9.17) is 9.47 Å². The fraction of sp³-hybridized carbons (Fsp3) is 0.208. The first-order valence-electron chi connectivity index (χ1n) is 9.09. The van der Waals surface area contributed by atoms with E-state index in [1.165, 1.54) is 0 Å². The summed E-state index contributed by atoms with van der Waals surface area (Å²) >= 11 is 0. The summed E-state index contributed by atoms with van der Waals surface area (Å²) in [5.41, 5.74) is 1.57. The Bertz CT molecular complexity index is 970. The van der Waals surface area contributed by atoms with E-state index in [0.29, 0.717) is 29.6 Å². The van der Waals surface area contributed by atoms with Gasteiger partial charge in [0.25, 0.3) is 0 Å². The molecule has 0 fully saturated rings. The topological polar surface area (TPSA) is 35.5 Å². The molecule has 0 N–H and O–H groups in total. The highest BCUT2D eigenvalue weighted by atomic mass is 16.5. The van der Waals surface area contributed by atoms with Crippen LogP contribution < -0.4 is 9.47 Å². The normalized spacial score (nSPS) is 11.3. The highest BCUT2D eigenvalue weighted by molar-refractivity contribution is 6.08. The van der Waals surface area contributed by atoms with E-state index < -0.39 is 0 Å². The Morgan fingerprint density at radius 2 is 1.74 bits per heavy atom. The molecular formula is C24H24O3. The number of carbonyl (C=O) groups is 1. The number of carbonyl (C=O) groups excluding carboxylic acids is 1. The molecule has 3 heteroatoms. The first-order chi connectivity index (χ1) is 13.1. The minimum absolute atomic E-state index is 0.0266. The van der Waals surface area contributed by atoms with Crippen molar-refractivity contribution in [1.82, 2.24) is 0 Å². The second kappa shape index (κ2) is 8.54. The molecule has 138 valence electrons. The molecule has 0 aliphatic carbocycles. The number of rotatable bonds is 7. The number of hydrogen-bond acceptors (Lipinski definition) is 3. The predicted octanol–water partition coefficient (Wildman–Crippen LogP) is 5.78. The zero-order valence-electron chi connectivity index (χ0n) is 15.9. The van der Waals surface area contributed by atoms with Crippen molar-refractivity contribution < 1.29 is 14.3 Å². The van der Waals surface area contributed by atoms with Gasteiger partial charge in [-0.15, -0.1) is 0 Å². The summed E-state index contributed by atoms with van der Waals surface area (Å²) in [5.74, 6) is 1.77. The van der Waals surface area contributed by atoms with Crippen molar-refractivity contribution in [3.05, 3.63) is 77.9 Å². The van der Waals surface area contributed by atoms with Crippen LogP contribution in [0.1, 0.15) is 29.8 Å². The fourth-order valence-corrected chi connectivity index (χ4v) is 2.78. The Morgan fingerprint density at radius 3 is 2.48 bits per heavy atom. The summed E-state index contributed by atoms with van der Waals surface area (Å²) in [6, 6.07) is 19.4. The largest absolute Gasteiger partial charge is 0.493 e. The number of methoxy groups -OCH3 is 1. The van der Waals surface area contributed by atoms with Gasteiger partial charge in [-0.1, -0.05) is 62.4 Å². The lowest BCUT2D eigenvalue weighted by atomic mass is 10.0. The third-order valence-corrected chi connectivity index (χ3v) is 4.22. The molecule has 0 atom stereocenters. The average Bonchev–Trinajstić information content (AvgIpc) is 2.70. The molecular weight excluding hydrogens is 336 g/mol. The van der Waals surface area contributed by atoms with Crippen LogP contribution in [0.15, 0.2) is 66.7 Å². The van der Waals surface area contributed by atoms with E-state index in [1.807, 2.05) is 60.7 Å². The van der Waals surface area contributed by atoms with Crippen LogP contribution in [0.4, 0.5) is 0 Å². The second-order valence-corrected chi connectivity index (χ2v) is 6.87. The van der Waals surface area contributed by atoms with Gasteiger partial charge in [0, 0.05) is 5.56 Å². The van der Waals surface area contributed by atoms with Gasteiger partial charge in [-0.25, -0.2) is 0 Å². The SMILES string of the molecule is COc1ccc(/C=C/C(=O)c2ccc3ccccc3c2)cc1OCC(C)C. The van der Waals surface area contributed by atoms with E-state index in [-0.39, 0.29) is 5.78 Å². The molecule has 0 radical (unpaired) electrons. The minimum Gasteiger partial charge on any atom is -0.493 e. The summed E-state index contributed by atoms with van der Waals surface area (Å²) in [4.78, 5) is 12.5. The third kappa shape index (κ3) is 4.76. The Labute approximate surface area is 160 Å². The average molecular weight is 360 g/mol. The zero-order valence-corrected chi connectivity index (χ0v) is 15.9. The minimum atomic E-state index is -0.0266. The second-order valence-electron chi connectivity index (χ2n) is 6.87. The lowest BCUT2D eigenvalue weighted by molar-refractivity contribution is 0.104. The summed E-state index contributed by atoms with van der Waals surface area (Å²) < 4.78 is 11.2. The van der Waals surface area contributed by atoms with Crippen molar-refractivity contribution in [2.75, 3.05) is 13.7 Å². The number of ketones is 1. The van der Waals surface area contributed by atoms with Gasteiger partial charge in [0.15, 0.2) is 17.3 Å². The zero-order chi connectivity index (χ0) is 19.2. The monoisotopic (exact) mass is 360 g/mol. The highest BCUT2D eigenvalue weighted by Gasteiger charge is 2.07. The number of hydrogen-bond donors (Lipinski definition) is 0. The van der Waals surface area contributed by atoms with Crippen molar-refractivity contribution in [2.45, 2.75) is 13.8 Å². The Balaban J connectivity index is 1.79. The van der Waals surface area contributed by atoms with Crippen LogP contribution in [0, 0.1) is 5.92 Å². The van der Waals surface area contributed by atoms with Crippen LogP contribution in [0.25, 0.3) is 16.8 Å². The molecule has 3 nitrogen and oxygen atoms in total. The molecule has 0 unspecified atom stereocenters. The first kappa shape index (κ1) is 18.7. The molecule has 3 aromatic rings. The third-order valence-electron chi connectivity index (χ3n) is 4.22. The molecule has 0 saturated carbocycles. The summed E-state index contributed by atoms with van der Waals surface area (Å²) in [7, 11) is 1.62. The maximum Gasteiger partial charge on any atom is 0.185 e. The number of fused-ring (bicyclic) bond motifs is 1. The smallest absolute Gasteiger partial charge is 0.185 e. The molecule has 0 spiro atoms.